The Bertz CT molecular complexity index is 1110. The molecule has 1 amide bonds. The van der Waals surface area contributed by atoms with Crippen molar-refractivity contribution in [1.82, 2.24) is 4.98 Å². The fourth-order valence-corrected chi connectivity index (χ4v) is 4.02. The van der Waals surface area contributed by atoms with Gasteiger partial charge >= 0.3 is 0 Å². The number of anilines is 2. The summed E-state index contributed by atoms with van der Waals surface area (Å²) in [6, 6.07) is 15.8. The molecule has 1 aromatic heterocycles. The number of rotatable bonds is 6. The number of nitrogens with one attached hydrogen (secondary N) is 1. The molecule has 0 spiro atoms. The third-order valence-electron chi connectivity index (χ3n) is 5.63. The fraction of sp³-hybridized carbons (Fsp3) is 0.333. The summed E-state index contributed by atoms with van der Waals surface area (Å²) in [5.74, 6) is 1.71. The minimum Gasteiger partial charge on any atom is -0.491 e. The molecule has 0 atom stereocenters. The lowest BCUT2D eigenvalue weighted by Crippen LogP contribution is -2.30. The molecular formula is C27H31N3O2. The quantitative estimate of drug-likeness (QED) is 0.490. The van der Waals surface area contributed by atoms with Crippen LogP contribution in [-0.2, 0) is 4.79 Å². The highest BCUT2D eigenvalue weighted by Gasteiger charge is 2.14. The molecule has 166 valence electrons. The lowest BCUT2D eigenvalue weighted by atomic mass is 10.1. The summed E-state index contributed by atoms with van der Waals surface area (Å²) in [5, 5.41) is 4.02. The second-order valence-electron chi connectivity index (χ2n) is 8.64. The van der Waals surface area contributed by atoms with Gasteiger partial charge in [-0.1, -0.05) is 12.1 Å². The minimum atomic E-state index is -0.164. The van der Waals surface area contributed by atoms with Crippen molar-refractivity contribution in [2.45, 2.75) is 46.1 Å². The Morgan fingerprint density at radius 3 is 2.53 bits per heavy atom. The van der Waals surface area contributed by atoms with E-state index in [0.717, 1.165) is 46.8 Å². The summed E-state index contributed by atoms with van der Waals surface area (Å²) in [6.07, 6.45) is 7.25. The van der Waals surface area contributed by atoms with E-state index in [1.807, 2.05) is 56.3 Å². The van der Waals surface area contributed by atoms with Gasteiger partial charge < -0.3 is 15.0 Å². The van der Waals surface area contributed by atoms with Crippen molar-refractivity contribution in [2.24, 2.45) is 0 Å². The predicted molar refractivity (Wildman–Crippen MR) is 132 cm³/mol. The molecule has 5 heteroatoms. The van der Waals surface area contributed by atoms with E-state index >= 15 is 0 Å². The highest BCUT2D eigenvalue weighted by molar-refractivity contribution is 6.03. The van der Waals surface area contributed by atoms with Crippen LogP contribution in [0, 0.1) is 6.92 Å². The smallest absolute Gasteiger partial charge is 0.248 e. The summed E-state index contributed by atoms with van der Waals surface area (Å²) in [7, 11) is 0. The van der Waals surface area contributed by atoms with Crippen LogP contribution in [0.5, 0.6) is 5.75 Å². The molecule has 0 bridgehead atoms. The molecule has 4 rings (SSSR count). The second-order valence-corrected chi connectivity index (χ2v) is 8.64. The van der Waals surface area contributed by atoms with Gasteiger partial charge in [0, 0.05) is 30.2 Å². The van der Waals surface area contributed by atoms with Gasteiger partial charge in [0.2, 0.25) is 5.91 Å². The van der Waals surface area contributed by atoms with E-state index < -0.39 is 0 Å². The van der Waals surface area contributed by atoms with Crippen molar-refractivity contribution in [3.63, 3.8) is 0 Å². The predicted octanol–water partition coefficient (Wildman–Crippen LogP) is 5.97. The van der Waals surface area contributed by atoms with E-state index in [0.29, 0.717) is 0 Å². The van der Waals surface area contributed by atoms with Crippen LogP contribution < -0.4 is 15.0 Å². The number of aryl methyl sites for hydroxylation is 1. The van der Waals surface area contributed by atoms with Gasteiger partial charge in [0.05, 0.1) is 11.6 Å². The fourth-order valence-electron chi connectivity index (χ4n) is 4.02. The van der Waals surface area contributed by atoms with Gasteiger partial charge in [0.1, 0.15) is 11.6 Å². The number of hydrogen-bond donors (Lipinski definition) is 1. The number of hydrogen-bond acceptors (Lipinski definition) is 4. The highest BCUT2D eigenvalue weighted by atomic mass is 16.5. The van der Waals surface area contributed by atoms with Crippen LogP contribution in [0.3, 0.4) is 0 Å². The van der Waals surface area contributed by atoms with E-state index in [1.54, 1.807) is 12.2 Å². The molecule has 2 heterocycles. The zero-order valence-electron chi connectivity index (χ0n) is 19.1. The van der Waals surface area contributed by atoms with Gasteiger partial charge in [0.15, 0.2) is 0 Å². The summed E-state index contributed by atoms with van der Waals surface area (Å²) < 4.78 is 5.65. The van der Waals surface area contributed by atoms with Crippen LogP contribution in [0.1, 0.15) is 44.2 Å². The van der Waals surface area contributed by atoms with Gasteiger partial charge in [-0.15, -0.1) is 0 Å². The summed E-state index contributed by atoms with van der Waals surface area (Å²) in [6.45, 7) is 8.25. The molecule has 5 nitrogen and oxygen atoms in total. The zero-order valence-corrected chi connectivity index (χ0v) is 19.1. The number of pyridine rings is 1. The van der Waals surface area contributed by atoms with Crippen molar-refractivity contribution < 1.29 is 9.53 Å². The maximum absolute atomic E-state index is 12.4. The molecule has 32 heavy (non-hydrogen) atoms. The van der Waals surface area contributed by atoms with E-state index in [4.69, 9.17) is 9.72 Å². The summed E-state index contributed by atoms with van der Waals surface area (Å²) >= 11 is 0. The van der Waals surface area contributed by atoms with Crippen molar-refractivity contribution in [3.05, 3.63) is 65.7 Å². The number of fused-ring (bicyclic) bond motifs is 1. The number of amides is 1. The van der Waals surface area contributed by atoms with Crippen LogP contribution in [0.25, 0.3) is 17.0 Å². The van der Waals surface area contributed by atoms with E-state index in [2.05, 4.69) is 23.2 Å². The first-order chi connectivity index (χ1) is 15.5. The van der Waals surface area contributed by atoms with E-state index in [-0.39, 0.29) is 12.0 Å². The minimum absolute atomic E-state index is 0.138. The molecular weight excluding hydrogens is 398 g/mol. The molecule has 1 aliphatic heterocycles. The lowest BCUT2D eigenvalue weighted by molar-refractivity contribution is -0.111. The third-order valence-corrected chi connectivity index (χ3v) is 5.63. The third kappa shape index (κ3) is 5.47. The first-order valence-electron chi connectivity index (χ1n) is 11.4. The maximum Gasteiger partial charge on any atom is 0.248 e. The number of aromatic nitrogens is 1. The average molecular weight is 430 g/mol. The van der Waals surface area contributed by atoms with Crippen LogP contribution in [0.4, 0.5) is 11.5 Å². The van der Waals surface area contributed by atoms with Crippen LogP contribution in [-0.4, -0.2) is 30.1 Å². The van der Waals surface area contributed by atoms with Crippen molar-refractivity contribution in [3.8, 4) is 5.75 Å². The zero-order chi connectivity index (χ0) is 22.5. The monoisotopic (exact) mass is 429 g/mol. The van der Waals surface area contributed by atoms with Crippen LogP contribution in [0.15, 0.2) is 54.6 Å². The Hall–Kier alpha value is -3.34. The molecule has 1 fully saturated rings. The first kappa shape index (κ1) is 21.9. The normalized spacial score (nSPS) is 14.3. The largest absolute Gasteiger partial charge is 0.491 e. The summed E-state index contributed by atoms with van der Waals surface area (Å²) in [4.78, 5) is 19.7. The molecule has 1 saturated heterocycles. The molecule has 2 aromatic carbocycles. The molecule has 0 unspecified atom stereocenters. The molecule has 3 aromatic rings. The van der Waals surface area contributed by atoms with Crippen molar-refractivity contribution in [2.75, 3.05) is 23.3 Å². The van der Waals surface area contributed by atoms with Crippen molar-refractivity contribution >= 4 is 34.4 Å². The molecule has 0 saturated carbocycles. The number of nitrogens with zero attached hydrogens (tertiary/aromatic N) is 2. The van der Waals surface area contributed by atoms with Gasteiger partial charge in [-0.2, -0.15) is 0 Å². The highest BCUT2D eigenvalue weighted by Crippen LogP contribution is 2.27. The van der Waals surface area contributed by atoms with Crippen LogP contribution >= 0.6 is 0 Å². The molecule has 1 aliphatic rings. The summed E-state index contributed by atoms with van der Waals surface area (Å²) in [5.41, 5.74) is 3.84. The van der Waals surface area contributed by atoms with E-state index in [1.165, 1.54) is 24.8 Å². The second kappa shape index (κ2) is 9.86. The number of benzene rings is 2. The molecule has 1 N–H and O–H groups in total. The maximum atomic E-state index is 12.4. The standard InChI is InChI=1S/C27H31N3O2/c1-19(2)32-23-11-7-21(8-12-23)9-14-27(31)28-22-10-13-25-24(18-22)20(3)17-26(29-25)30-15-5-4-6-16-30/h7-14,17-19H,4-6,15-16H2,1-3H3,(H,28,31)/b14-9+. The Balaban J connectivity index is 1.43. The Kier molecular flexibility index (Phi) is 6.74. The molecule has 0 radical (unpaired) electrons. The van der Waals surface area contributed by atoms with Crippen LogP contribution in [0.2, 0.25) is 0 Å². The lowest BCUT2D eigenvalue weighted by Gasteiger charge is -2.28. The Morgan fingerprint density at radius 2 is 1.81 bits per heavy atom. The van der Waals surface area contributed by atoms with Gasteiger partial charge in [-0.3, -0.25) is 4.79 Å². The molecule has 0 aliphatic carbocycles. The number of carbonyl (C=O) groups excluding carboxylic acids is 1. The average Bonchev–Trinajstić information content (AvgIpc) is 2.79. The number of piperidine rings is 1. The SMILES string of the molecule is Cc1cc(N2CCCCC2)nc2ccc(NC(=O)/C=C/c3ccc(OC(C)C)cc3)cc12. The Morgan fingerprint density at radius 1 is 1.06 bits per heavy atom. The number of carbonyl (C=O) groups is 1. The van der Waals surface area contributed by atoms with E-state index in [9.17, 15) is 4.79 Å². The Labute approximate surface area is 190 Å². The topological polar surface area (TPSA) is 54.5 Å². The first-order valence-corrected chi connectivity index (χ1v) is 11.4. The van der Waals surface area contributed by atoms with Gasteiger partial charge in [-0.05, 0) is 93.6 Å². The van der Waals surface area contributed by atoms with Gasteiger partial charge in [0.25, 0.3) is 0 Å². The number of ether oxygens (including phenoxy) is 1. The van der Waals surface area contributed by atoms with Gasteiger partial charge in [-0.25, -0.2) is 4.98 Å². The van der Waals surface area contributed by atoms with Crippen molar-refractivity contribution in [1.29, 1.82) is 0 Å².